The maximum Gasteiger partial charge on any atom is 0.185 e. The average Bonchev–Trinajstić information content (AvgIpc) is 2.43. The van der Waals surface area contributed by atoms with Gasteiger partial charge in [-0.3, -0.25) is 9.89 Å². The van der Waals surface area contributed by atoms with Gasteiger partial charge >= 0.3 is 0 Å². The zero-order valence-corrected chi connectivity index (χ0v) is 14.7. The molecular formula is C14H25IN4O. The van der Waals surface area contributed by atoms with Crippen LogP contribution in [-0.2, 0) is 0 Å². The Labute approximate surface area is 138 Å². The predicted molar refractivity (Wildman–Crippen MR) is 94.7 cm³/mol. The summed E-state index contributed by atoms with van der Waals surface area (Å²) >= 11 is 0. The Morgan fingerprint density at radius 2 is 1.95 bits per heavy atom. The molecule has 114 valence electrons. The van der Waals surface area contributed by atoms with E-state index in [1.807, 2.05) is 18.2 Å². The summed E-state index contributed by atoms with van der Waals surface area (Å²) in [7, 11) is 1.67. The SMILES string of the molecule is CCN(CC)C(CN=C(N)N)c1cccc(OC)c1.I. The molecule has 1 atom stereocenters. The largest absolute Gasteiger partial charge is 0.497 e. The first-order valence-corrected chi connectivity index (χ1v) is 6.55. The summed E-state index contributed by atoms with van der Waals surface area (Å²) in [4.78, 5) is 6.48. The number of hydrogen-bond donors (Lipinski definition) is 2. The number of nitrogens with two attached hydrogens (primary N) is 2. The molecule has 1 unspecified atom stereocenters. The number of halogens is 1. The van der Waals surface area contributed by atoms with E-state index in [0.717, 1.165) is 24.4 Å². The van der Waals surface area contributed by atoms with Crippen LogP contribution in [0.25, 0.3) is 0 Å². The van der Waals surface area contributed by atoms with Gasteiger partial charge in [0.05, 0.1) is 19.7 Å². The van der Waals surface area contributed by atoms with Crippen LogP contribution in [0.3, 0.4) is 0 Å². The molecule has 1 aromatic rings. The van der Waals surface area contributed by atoms with Crippen LogP contribution in [0.1, 0.15) is 25.5 Å². The first-order valence-electron chi connectivity index (χ1n) is 6.55. The zero-order valence-electron chi connectivity index (χ0n) is 12.4. The van der Waals surface area contributed by atoms with Crippen molar-refractivity contribution in [3.8, 4) is 5.75 Å². The molecule has 0 aliphatic carbocycles. The Hall–Kier alpha value is -1.02. The van der Waals surface area contributed by atoms with Crippen molar-refractivity contribution in [2.75, 3.05) is 26.7 Å². The average molecular weight is 392 g/mol. The molecule has 0 spiro atoms. The highest BCUT2D eigenvalue weighted by Crippen LogP contribution is 2.24. The van der Waals surface area contributed by atoms with Gasteiger partial charge in [0.1, 0.15) is 5.75 Å². The number of aliphatic imine (C=N–C) groups is 1. The van der Waals surface area contributed by atoms with Crippen LogP contribution in [-0.4, -0.2) is 37.6 Å². The van der Waals surface area contributed by atoms with Gasteiger partial charge in [-0.2, -0.15) is 0 Å². The van der Waals surface area contributed by atoms with Gasteiger partial charge in [0.2, 0.25) is 0 Å². The van der Waals surface area contributed by atoms with E-state index in [2.05, 4.69) is 29.8 Å². The molecule has 20 heavy (non-hydrogen) atoms. The van der Waals surface area contributed by atoms with Gasteiger partial charge in [-0.1, -0.05) is 26.0 Å². The Morgan fingerprint density at radius 3 is 2.45 bits per heavy atom. The van der Waals surface area contributed by atoms with E-state index in [-0.39, 0.29) is 36.0 Å². The molecule has 0 bridgehead atoms. The predicted octanol–water partition coefficient (Wildman–Crippen LogP) is 1.97. The molecule has 1 rings (SSSR count). The van der Waals surface area contributed by atoms with Gasteiger partial charge in [-0.25, -0.2) is 0 Å². The lowest BCUT2D eigenvalue weighted by molar-refractivity contribution is 0.224. The second-order valence-electron chi connectivity index (χ2n) is 4.28. The van der Waals surface area contributed by atoms with E-state index in [1.165, 1.54) is 0 Å². The number of guanidine groups is 1. The van der Waals surface area contributed by atoms with Gasteiger partial charge in [0.15, 0.2) is 5.96 Å². The van der Waals surface area contributed by atoms with Crippen molar-refractivity contribution in [3.05, 3.63) is 29.8 Å². The van der Waals surface area contributed by atoms with Gasteiger partial charge in [0.25, 0.3) is 0 Å². The molecule has 0 aromatic heterocycles. The zero-order chi connectivity index (χ0) is 14.3. The highest BCUT2D eigenvalue weighted by Gasteiger charge is 2.18. The summed E-state index contributed by atoms with van der Waals surface area (Å²) in [5.41, 5.74) is 12.0. The molecule has 6 heteroatoms. The molecule has 0 saturated carbocycles. The van der Waals surface area contributed by atoms with Crippen molar-refractivity contribution in [1.82, 2.24) is 4.90 Å². The van der Waals surface area contributed by atoms with Gasteiger partial charge in [-0.05, 0) is 30.8 Å². The summed E-state index contributed by atoms with van der Waals surface area (Å²) < 4.78 is 5.27. The van der Waals surface area contributed by atoms with E-state index in [4.69, 9.17) is 16.2 Å². The topological polar surface area (TPSA) is 76.9 Å². The van der Waals surface area contributed by atoms with Crippen molar-refractivity contribution in [3.63, 3.8) is 0 Å². The van der Waals surface area contributed by atoms with Crippen molar-refractivity contribution < 1.29 is 4.74 Å². The van der Waals surface area contributed by atoms with Gasteiger partial charge in [0, 0.05) is 0 Å². The quantitative estimate of drug-likeness (QED) is 0.423. The summed E-state index contributed by atoms with van der Waals surface area (Å²) in [6, 6.07) is 8.19. The maximum atomic E-state index is 5.44. The van der Waals surface area contributed by atoms with Crippen LogP contribution in [0.4, 0.5) is 0 Å². The molecule has 0 amide bonds. The van der Waals surface area contributed by atoms with E-state index in [0.29, 0.717) is 6.54 Å². The number of benzene rings is 1. The smallest absolute Gasteiger partial charge is 0.185 e. The van der Waals surface area contributed by atoms with Crippen LogP contribution >= 0.6 is 24.0 Å². The second kappa shape index (κ2) is 9.82. The minimum Gasteiger partial charge on any atom is -0.497 e. The number of hydrogen-bond acceptors (Lipinski definition) is 3. The van der Waals surface area contributed by atoms with Crippen molar-refractivity contribution in [2.24, 2.45) is 16.5 Å². The third kappa shape index (κ3) is 5.54. The Kier molecular flexibility index (Phi) is 9.32. The molecule has 1 aromatic carbocycles. The molecule has 4 N–H and O–H groups in total. The molecule has 0 aliphatic heterocycles. The molecule has 5 nitrogen and oxygen atoms in total. The maximum absolute atomic E-state index is 5.44. The van der Waals surface area contributed by atoms with Crippen molar-refractivity contribution in [2.45, 2.75) is 19.9 Å². The number of likely N-dealkylation sites (N-methyl/N-ethyl adjacent to an activating group) is 1. The van der Waals surface area contributed by atoms with E-state index in [9.17, 15) is 0 Å². The van der Waals surface area contributed by atoms with Gasteiger partial charge < -0.3 is 16.2 Å². The fourth-order valence-electron chi connectivity index (χ4n) is 2.14. The summed E-state index contributed by atoms with van der Waals surface area (Å²) in [5.74, 6) is 0.972. The van der Waals surface area contributed by atoms with Gasteiger partial charge in [-0.15, -0.1) is 24.0 Å². The standard InChI is InChI=1S/C14H24N4O.HI/c1-4-18(5-2)13(10-17-14(15)16)11-7-6-8-12(9-11)19-3;/h6-9,13H,4-5,10H2,1-3H3,(H4,15,16,17);1H. The fraction of sp³-hybridized carbons (Fsp3) is 0.500. The summed E-state index contributed by atoms with van der Waals surface area (Å²) in [6.45, 7) is 6.70. The van der Waals surface area contributed by atoms with E-state index < -0.39 is 0 Å². The lowest BCUT2D eigenvalue weighted by Crippen LogP contribution is -2.32. The van der Waals surface area contributed by atoms with Crippen molar-refractivity contribution >= 4 is 29.9 Å². The second-order valence-corrected chi connectivity index (χ2v) is 4.28. The Morgan fingerprint density at radius 1 is 1.30 bits per heavy atom. The highest BCUT2D eigenvalue weighted by atomic mass is 127. The van der Waals surface area contributed by atoms with Crippen LogP contribution < -0.4 is 16.2 Å². The van der Waals surface area contributed by atoms with Crippen LogP contribution in [0.2, 0.25) is 0 Å². The molecule has 0 saturated heterocycles. The third-order valence-corrected chi connectivity index (χ3v) is 3.18. The first-order chi connectivity index (χ1) is 9.12. The normalized spacial score (nSPS) is 11.6. The molecule has 0 aliphatic rings. The van der Waals surface area contributed by atoms with Crippen LogP contribution in [0, 0.1) is 0 Å². The third-order valence-electron chi connectivity index (χ3n) is 3.18. The van der Waals surface area contributed by atoms with E-state index >= 15 is 0 Å². The summed E-state index contributed by atoms with van der Waals surface area (Å²) in [5, 5.41) is 0. The molecule has 0 radical (unpaired) electrons. The molecule has 0 heterocycles. The minimum absolute atomic E-state index is 0. The lowest BCUT2D eigenvalue weighted by atomic mass is 10.0. The first kappa shape index (κ1) is 19.0. The molecule has 0 fully saturated rings. The fourth-order valence-corrected chi connectivity index (χ4v) is 2.14. The number of nitrogens with zero attached hydrogens (tertiary/aromatic N) is 2. The van der Waals surface area contributed by atoms with E-state index in [1.54, 1.807) is 7.11 Å². The van der Waals surface area contributed by atoms with Crippen molar-refractivity contribution in [1.29, 1.82) is 0 Å². The monoisotopic (exact) mass is 392 g/mol. The van der Waals surface area contributed by atoms with Crippen LogP contribution in [0.15, 0.2) is 29.3 Å². The number of methoxy groups -OCH3 is 1. The minimum atomic E-state index is 0. The lowest BCUT2D eigenvalue weighted by Gasteiger charge is -2.29. The Bertz CT molecular complexity index is 417. The number of rotatable bonds is 7. The molecular weight excluding hydrogens is 367 g/mol. The Balaban J connectivity index is 0.00000361. The highest BCUT2D eigenvalue weighted by molar-refractivity contribution is 14.0. The number of ether oxygens (including phenoxy) is 1. The summed E-state index contributed by atoms with van der Waals surface area (Å²) in [6.07, 6.45) is 0. The van der Waals surface area contributed by atoms with Crippen LogP contribution in [0.5, 0.6) is 5.75 Å².